The Balaban J connectivity index is 1.85. The first-order chi connectivity index (χ1) is 12.2. The van der Waals surface area contributed by atoms with E-state index < -0.39 is 0 Å². The Kier molecular flexibility index (Phi) is 4.68. The molecule has 0 radical (unpaired) electrons. The number of hydrogen-bond donors (Lipinski definition) is 2. The van der Waals surface area contributed by atoms with E-state index in [4.69, 9.17) is 11.1 Å². The lowest BCUT2D eigenvalue weighted by atomic mass is 9.99. The van der Waals surface area contributed by atoms with Crippen LogP contribution in [0.2, 0.25) is 0 Å². The third-order valence-corrected chi connectivity index (χ3v) is 3.82. The van der Waals surface area contributed by atoms with Crippen molar-refractivity contribution >= 4 is 11.7 Å². The van der Waals surface area contributed by atoms with Crippen molar-refractivity contribution < 1.29 is 0 Å². The summed E-state index contributed by atoms with van der Waals surface area (Å²) in [4.78, 5) is 4.18. The van der Waals surface area contributed by atoms with Crippen LogP contribution in [0.5, 0.6) is 0 Å². The van der Waals surface area contributed by atoms with Crippen LogP contribution in [0.1, 0.15) is 16.7 Å². The first-order valence-electron chi connectivity index (χ1n) is 7.77. The first kappa shape index (κ1) is 16.2. The molecule has 0 bridgehead atoms. The molecule has 120 valence electrons. The van der Waals surface area contributed by atoms with Gasteiger partial charge < -0.3 is 5.73 Å². The maximum Gasteiger partial charge on any atom is 0.154 e. The lowest BCUT2D eigenvalue weighted by Crippen LogP contribution is -2.15. The van der Waals surface area contributed by atoms with Crippen molar-refractivity contribution in [3.05, 3.63) is 95.6 Å². The molecule has 0 fully saturated rings. The molecule has 3 N–H and O–H groups in total. The van der Waals surface area contributed by atoms with Gasteiger partial charge in [0.2, 0.25) is 0 Å². The molecule has 0 spiro atoms. The molecule has 0 saturated carbocycles. The van der Waals surface area contributed by atoms with Crippen LogP contribution in [0, 0.1) is 16.7 Å². The third-order valence-electron chi connectivity index (χ3n) is 3.82. The Bertz CT molecular complexity index is 965. The van der Waals surface area contributed by atoms with Crippen molar-refractivity contribution in [1.82, 2.24) is 0 Å². The van der Waals surface area contributed by atoms with E-state index in [1.165, 1.54) is 0 Å². The highest BCUT2D eigenvalue weighted by Gasteiger charge is 2.06. The van der Waals surface area contributed by atoms with E-state index in [1.54, 1.807) is 6.07 Å². The fourth-order valence-electron chi connectivity index (χ4n) is 2.50. The molecule has 4 heteroatoms. The molecule has 0 aliphatic heterocycles. The highest BCUT2D eigenvalue weighted by Crippen LogP contribution is 2.23. The van der Waals surface area contributed by atoms with Gasteiger partial charge in [-0.05, 0) is 17.2 Å². The van der Waals surface area contributed by atoms with E-state index in [-0.39, 0.29) is 5.84 Å². The van der Waals surface area contributed by atoms with Crippen molar-refractivity contribution in [1.29, 1.82) is 10.7 Å². The van der Waals surface area contributed by atoms with E-state index in [9.17, 15) is 5.26 Å². The average Bonchev–Trinajstić information content (AvgIpc) is 2.68. The van der Waals surface area contributed by atoms with E-state index in [1.807, 2.05) is 72.8 Å². The van der Waals surface area contributed by atoms with Gasteiger partial charge in [-0.3, -0.25) is 5.41 Å². The SMILES string of the molecule is N#Cc1ccccc1-c1ccc(C(=N)N=C(N)c2ccccc2)cc1. The van der Waals surface area contributed by atoms with E-state index in [0.29, 0.717) is 17.0 Å². The zero-order valence-corrected chi connectivity index (χ0v) is 13.5. The van der Waals surface area contributed by atoms with Crippen LogP contribution in [0.15, 0.2) is 83.9 Å². The van der Waals surface area contributed by atoms with E-state index >= 15 is 0 Å². The molecule has 3 aromatic rings. The molecule has 0 saturated heterocycles. The minimum atomic E-state index is 0.0986. The minimum absolute atomic E-state index is 0.0986. The number of nitrogens with zero attached hydrogens (tertiary/aromatic N) is 2. The zero-order chi connectivity index (χ0) is 17.6. The number of nitrogens with one attached hydrogen (secondary N) is 1. The summed E-state index contributed by atoms with van der Waals surface area (Å²) in [5.74, 6) is 0.408. The molecule has 25 heavy (non-hydrogen) atoms. The second-order valence-corrected chi connectivity index (χ2v) is 5.45. The zero-order valence-electron chi connectivity index (χ0n) is 13.5. The molecule has 0 aliphatic rings. The molecular weight excluding hydrogens is 308 g/mol. The number of aliphatic imine (C=N–C) groups is 1. The van der Waals surface area contributed by atoms with Crippen molar-refractivity contribution in [2.24, 2.45) is 10.7 Å². The van der Waals surface area contributed by atoms with Gasteiger partial charge in [-0.1, -0.05) is 72.8 Å². The molecule has 3 aromatic carbocycles. The summed E-state index contributed by atoms with van der Waals surface area (Å²) in [6, 6.07) is 26.4. The summed E-state index contributed by atoms with van der Waals surface area (Å²) in [5, 5.41) is 17.4. The standard InChI is InChI=1S/C21H16N4/c22-14-18-8-4-5-9-19(18)15-10-12-17(13-11-15)21(24)25-20(23)16-6-2-1-3-7-16/h1-13H,(H3,23,24,25). The fraction of sp³-hybridized carbons (Fsp3) is 0. The lowest BCUT2D eigenvalue weighted by Gasteiger charge is -2.06. The van der Waals surface area contributed by atoms with Crippen LogP contribution < -0.4 is 5.73 Å². The largest absolute Gasteiger partial charge is 0.383 e. The highest BCUT2D eigenvalue weighted by atomic mass is 14.9. The predicted molar refractivity (Wildman–Crippen MR) is 101 cm³/mol. The van der Waals surface area contributed by atoms with Crippen molar-refractivity contribution in [2.45, 2.75) is 0 Å². The van der Waals surface area contributed by atoms with Gasteiger partial charge in [0.25, 0.3) is 0 Å². The lowest BCUT2D eigenvalue weighted by molar-refractivity contribution is 1.39. The van der Waals surface area contributed by atoms with Gasteiger partial charge >= 0.3 is 0 Å². The molecule has 0 heterocycles. The summed E-state index contributed by atoms with van der Waals surface area (Å²) in [6.07, 6.45) is 0. The molecular formula is C21H16N4. The Morgan fingerprint density at radius 3 is 2.16 bits per heavy atom. The Labute approximate surface area is 146 Å². The summed E-state index contributed by atoms with van der Waals surface area (Å²) < 4.78 is 0. The Morgan fingerprint density at radius 1 is 0.840 bits per heavy atom. The van der Waals surface area contributed by atoms with Gasteiger partial charge in [0.05, 0.1) is 11.6 Å². The smallest absolute Gasteiger partial charge is 0.154 e. The van der Waals surface area contributed by atoms with Crippen LogP contribution in [0.25, 0.3) is 11.1 Å². The number of hydrogen-bond acceptors (Lipinski definition) is 2. The third kappa shape index (κ3) is 3.62. The maximum atomic E-state index is 9.21. The van der Waals surface area contributed by atoms with Gasteiger partial charge in [-0.2, -0.15) is 5.26 Å². The molecule has 3 rings (SSSR count). The fourth-order valence-corrected chi connectivity index (χ4v) is 2.50. The Morgan fingerprint density at radius 2 is 1.48 bits per heavy atom. The molecule has 0 aliphatic carbocycles. The number of amidine groups is 2. The van der Waals surface area contributed by atoms with Crippen molar-refractivity contribution in [2.75, 3.05) is 0 Å². The van der Waals surface area contributed by atoms with E-state index in [2.05, 4.69) is 11.1 Å². The van der Waals surface area contributed by atoms with Crippen LogP contribution in [0.4, 0.5) is 0 Å². The summed E-state index contributed by atoms with van der Waals surface area (Å²) in [5.41, 5.74) is 9.83. The Hall–Kier alpha value is -3.71. The predicted octanol–water partition coefficient (Wildman–Crippen LogP) is 3.96. The number of benzene rings is 3. The van der Waals surface area contributed by atoms with Crippen LogP contribution in [0.3, 0.4) is 0 Å². The van der Waals surface area contributed by atoms with Crippen LogP contribution >= 0.6 is 0 Å². The summed E-state index contributed by atoms with van der Waals surface area (Å²) in [6.45, 7) is 0. The average molecular weight is 324 g/mol. The van der Waals surface area contributed by atoms with Crippen molar-refractivity contribution in [3.63, 3.8) is 0 Å². The molecule has 0 unspecified atom stereocenters. The molecule has 0 atom stereocenters. The van der Waals surface area contributed by atoms with Crippen molar-refractivity contribution in [3.8, 4) is 17.2 Å². The maximum absolute atomic E-state index is 9.21. The minimum Gasteiger partial charge on any atom is -0.383 e. The topological polar surface area (TPSA) is 86.0 Å². The van der Waals surface area contributed by atoms with Gasteiger partial charge in [0, 0.05) is 11.1 Å². The van der Waals surface area contributed by atoms with Gasteiger partial charge in [-0.15, -0.1) is 0 Å². The van der Waals surface area contributed by atoms with Gasteiger partial charge in [-0.25, -0.2) is 4.99 Å². The monoisotopic (exact) mass is 324 g/mol. The van der Waals surface area contributed by atoms with Gasteiger partial charge in [0.1, 0.15) is 5.84 Å². The normalized spacial score (nSPS) is 10.9. The number of nitrogens with two attached hydrogens (primary N) is 1. The number of rotatable bonds is 3. The van der Waals surface area contributed by atoms with Crippen LogP contribution in [-0.2, 0) is 0 Å². The van der Waals surface area contributed by atoms with Crippen LogP contribution in [-0.4, -0.2) is 11.7 Å². The van der Waals surface area contributed by atoms with E-state index in [0.717, 1.165) is 16.7 Å². The molecule has 0 aromatic heterocycles. The second kappa shape index (κ2) is 7.24. The number of nitriles is 1. The molecule has 4 nitrogen and oxygen atoms in total. The summed E-state index contributed by atoms with van der Waals surface area (Å²) >= 11 is 0. The highest BCUT2D eigenvalue weighted by molar-refractivity contribution is 6.09. The quantitative estimate of drug-likeness (QED) is 0.564. The van der Waals surface area contributed by atoms with Gasteiger partial charge in [0.15, 0.2) is 5.84 Å². The summed E-state index contributed by atoms with van der Waals surface area (Å²) in [7, 11) is 0. The first-order valence-corrected chi connectivity index (χ1v) is 7.77. The molecule has 0 amide bonds. The second-order valence-electron chi connectivity index (χ2n) is 5.45.